The minimum atomic E-state index is -0.483. The highest BCUT2D eigenvalue weighted by Gasteiger charge is 2.25. The van der Waals surface area contributed by atoms with Gasteiger partial charge in [0.2, 0.25) is 11.8 Å². The van der Waals surface area contributed by atoms with Crippen molar-refractivity contribution in [2.75, 3.05) is 37.6 Å². The van der Waals surface area contributed by atoms with E-state index in [1.165, 1.54) is 5.56 Å². The van der Waals surface area contributed by atoms with E-state index in [-0.39, 0.29) is 18.4 Å². The highest BCUT2D eigenvalue weighted by molar-refractivity contribution is 6.30. The van der Waals surface area contributed by atoms with E-state index in [1.807, 2.05) is 39.0 Å². The van der Waals surface area contributed by atoms with Crippen LogP contribution in [0.25, 0.3) is 0 Å². The van der Waals surface area contributed by atoms with Crippen LogP contribution in [0.1, 0.15) is 26.3 Å². The number of piperazine rings is 1. The number of hydrogen-bond donors (Lipinski definition) is 1. The van der Waals surface area contributed by atoms with Gasteiger partial charge in [-0.25, -0.2) is 0 Å². The van der Waals surface area contributed by atoms with Crippen LogP contribution in [0.5, 0.6) is 0 Å². The van der Waals surface area contributed by atoms with E-state index in [2.05, 4.69) is 17.1 Å². The quantitative estimate of drug-likeness (QED) is 0.910. The number of benzene rings is 1. The van der Waals surface area contributed by atoms with E-state index < -0.39 is 5.41 Å². The number of aryl methyl sites for hydroxylation is 1. The molecule has 132 valence electrons. The average Bonchev–Trinajstić information content (AvgIpc) is 2.53. The number of rotatable bonds is 3. The second kappa shape index (κ2) is 7.43. The molecule has 0 saturated carbocycles. The molecule has 1 aromatic carbocycles. The zero-order valence-corrected chi connectivity index (χ0v) is 15.6. The third-order valence-corrected chi connectivity index (χ3v) is 4.46. The van der Waals surface area contributed by atoms with Gasteiger partial charge in [0.1, 0.15) is 0 Å². The molecular formula is C18H26ClN3O2. The molecule has 0 unspecified atom stereocenters. The van der Waals surface area contributed by atoms with Crippen molar-refractivity contribution in [3.05, 3.63) is 28.8 Å². The summed E-state index contributed by atoms with van der Waals surface area (Å²) < 4.78 is 0. The third kappa shape index (κ3) is 4.63. The molecule has 0 atom stereocenters. The summed E-state index contributed by atoms with van der Waals surface area (Å²) in [6.07, 6.45) is 0. The zero-order chi connectivity index (χ0) is 17.9. The van der Waals surface area contributed by atoms with Gasteiger partial charge in [-0.3, -0.25) is 9.59 Å². The molecule has 0 spiro atoms. The predicted molar refractivity (Wildman–Crippen MR) is 97.4 cm³/mol. The van der Waals surface area contributed by atoms with Crippen LogP contribution in [-0.2, 0) is 9.59 Å². The first kappa shape index (κ1) is 18.6. The summed E-state index contributed by atoms with van der Waals surface area (Å²) in [4.78, 5) is 28.2. The largest absolute Gasteiger partial charge is 0.368 e. The Morgan fingerprint density at radius 2 is 1.79 bits per heavy atom. The molecular weight excluding hydrogens is 326 g/mol. The number of anilines is 1. The van der Waals surface area contributed by atoms with E-state index in [4.69, 9.17) is 11.6 Å². The summed E-state index contributed by atoms with van der Waals surface area (Å²) in [7, 11) is 0. The van der Waals surface area contributed by atoms with Gasteiger partial charge in [-0.2, -0.15) is 0 Å². The van der Waals surface area contributed by atoms with Gasteiger partial charge in [0, 0.05) is 42.3 Å². The van der Waals surface area contributed by atoms with Crippen LogP contribution in [0, 0.1) is 12.3 Å². The molecule has 0 radical (unpaired) electrons. The fraction of sp³-hybridized carbons (Fsp3) is 0.556. The molecule has 1 aromatic rings. The lowest BCUT2D eigenvalue weighted by Crippen LogP contribution is -2.52. The Balaban J connectivity index is 1.87. The van der Waals surface area contributed by atoms with Crippen molar-refractivity contribution in [3.63, 3.8) is 0 Å². The highest BCUT2D eigenvalue weighted by Crippen LogP contribution is 2.25. The van der Waals surface area contributed by atoms with Gasteiger partial charge in [0.15, 0.2) is 0 Å². The van der Waals surface area contributed by atoms with Crippen molar-refractivity contribution in [1.29, 1.82) is 0 Å². The topological polar surface area (TPSA) is 52.6 Å². The monoisotopic (exact) mass is 351 g/mol. The van der Waals surface area contributed by atoms with Crippen LogP contribution < -0.4 is 10.2 Å². The molecule has 0 bridgehead atoms. The van der Waals surface area contributed by atoms with E-state index >= 15 is 0 Å². The van der Waals surface area contributed by atoms with Gasteiger partial charge < -0.3 is 15.1 Å². The number of carbonyl (C=O) groups excluding carboxylic acids is 2. The van der Waals surface area contributed by atoms with E-state index in [0.717, 1.165) is 23.8 Å². The van der Waals surface area contributed by atoms with Crippen molar-refractivity contribution < 1.29 is 9.59 Å². The fourth-order valence-corrected chi connectivity index (χ4v) is 2.82. The Labute approximate surface area is 149 Å². The van der Waals surface area contributed by atoms with Crippen molar-refractivity contribution >= 4 is 29.1 Å². The van der Waals surface area contributed by atoms with Crippen molar-refractivity contribution in [1.82, 2.24) is 10.2 Å². The third-order valence-electron chi connectivity index (χ3n) is 4.23. The van der Waals surface area contributed by atoms with Crippen molar-refractivity contribution in [3.8, 4) is 0 Å². The number of carbonyl (C=O) groups is 2. The van der Waals surface area contributed by atoms with E-state index in [9.17, 15) is 9.59 Å². The van der Waals surface area contributed by atoms with Gasteiger partial charge in [-0.1, -0.05) is 38.4 Å². The maximum Gasteiger partial charge on any atom is 0.242 e. The van der Waals surface area contributed by atoms with Crippen LogP contribution in [0.3, 0.4) is 0 Å². The Bertz CT molecular complexity index is 617. The van der Waals surface area contributed by atoms with Crippen LogP contribution in [0.2, 0.25) is 5.02 Å². The summed E-state index contributed by atoms with van der Waals surface area (Å²) in [6, 6.07) is 5.87. The standard InChI is InChI=1S/C18H26ClN3O2/c1-13-5-6-14(19)11-15(13)21-7-9-22(10-8-21)16(23)12-20-17(24)18(2,3)4/h5-6,11H,7-10,12H2,1-4H3,(H,20,24). The van der Waals surface area contributed by atoms with Crippen LogP contribution in [0.4, 0.5) is 5.69 Å². The first-order chi connectivity index (χ1) is 11.2. The van der Waals surface area contributed by atoms with Crippen molar-refractivity contribution in [2.45, 2.75) is 27.7 Å². The molecule has 1 aliphatic rings. The molecule has 6 heteroatoms. The van der Waals surface area contributed by atoms with E-state index in [0.29, 0.717) is 13.1 Å². The average molecular weight is 352 g/mol. The summed E-state index contributed by atoms with van der Waals surface area (Å²) in [5.74, 6) is -0.140. The van der Waals surface area contributed by atoms with Crippen LogP contribution >= 0.6 is 11.6 Å². The lowest BCUT2D eigenvalue weighted by Gasteiger charge is -2.37. The highest BCUT2D eigenvalue weighted by atomic mass is 35.5. The molecule has 5 nitrogen and oxygen atoms in total. The Morgan fingerprint density at radius 1 is 1.17 bits per heavy atom. The smallest absolute Gasteiger partial charge is 0.242 e. The fourth-order valence-electron chi connectivity index (χ4n) is 2.65. The van der Waals surface area contributed by atoms with Crippen LogP contribution in [-0.4, -0.2) is 49.4 Å². The number of nitrogens with zero attached hydrogens (tertiary/aromatic N) is 2. The number of halogens is 1. The zero-order valence-electron chi connectivity index (χ0n) is 14.9. The summed E-state index contributed by atoms with van der Waals surface area (Å²) in [5.41, 5.74) is 1.82. The molecule has 1 fully saturated rings. The molecule has 2 amide bonds. The Hall–Kier alpha value is -1.75. The first-order valence-corrected chi connectivity index (χ1v) is 8.63. The maximum absolute atomic E-state index is 12.3. The van der Waals surface area contributed by atoms with Gasteiger partial charge in [0.25, 0.3) is 0 Å². The second-order valence-electron chi connectivity index (χ2n) is 7.23. The molecule has 0 aliphatic carbocycles. The number of nitrogens with one attached hydrogen (secondary N) is 1. The van der Waals surface area contributed by atoms with Gasteiger partial charge in [-0.15, -0.1) is 0 Å². The molecule has 1 N–H and O–H groups in total. The van der Waals surface area contributed by atoms with Gasteiger partial charge in [0.05, 0.1) is 6.54 Å². The lowest BCUT2D eigenvalue weighted by atomic mass is 9.96. The Morgan fingerprint density at radius 3 is 2.38 bits per heavy atom. The predicted octanol–water partition coefficient (Wildman–Crippen LogP) is 2.46. The van der Waals surface area contributed by atoms with Crippen molar-refractivity contribution in [2.24, 2.45) is 5.41 Å². The van der Waals surface area contributed by atoms with Gasteiger partial charge >= 0.3 is 0 Å². The van der Waals surface area contributed by atoms with Crippen LogP contribution in [0.15, 0.2) is 18.2 Å². The summed E-state index contributed by atoms with van der Waals surface area (Å²) in [6.45, 7) is 10.4. The lowest BCUT2D eigenvalue weighted by molar-refractivity contribution is -0.135. The van der Waals surface area contributed by atoms with E-state index in [1.54, 1.807) is 4.90 Å². The molecule has 24 heavy (non-hydrogen) atoms. The SMILES string of the molecule is Cc1ccc(Cl)cc1N1CCN(C(=O)CNC(=O)C(C)(C)C)CC1. The maximum atomic E-state index is 12.3. The molecule has 2 rings (SSSR count). The second-order valence-corrected chi connectivity index (χ2v) is 7.67. The van der Waals surface area contributed by atoms with Gasteiger partial charge in [-0.05, 0) is 24.6 Å². The Kier molecular flexibility index (Phi) is 5.75. The molecule has 0 aromatic heterocycles. The molecule has 1 saturated heterocycles. The molecule has 1 aliphatic heterocycles. The summed E-state index contributed by atoms with van der Waals surface area (Å²) in [5, 5.41) is 3.44. The number of hydrogen-bond acceptors (Lipinski definition) is 3. The number of amides is 2. The summed E-state index contributed by atoms with van der Waals surface area (Å²) >= 11 is 6.09. The normalized spacial score (nSPS) is 15.4. The first-order valence-electron chi connectivity index (χ1n) is 8.25. The minimum absolute atomic E-state index is 0.0323. The minimum Gasteiger partial charge on any atom is -0.368 e. The molecule has 1 heterocycles.